The minimum absolute atomic E-state index is 0.0686. The van der Waals surface area contributed by atoms with Gasteiger partial charge < -0.3 is 4.90 Å². The van der Waals surface area contributed by atoms with E-state index in [1.807, 2.05) is 30.3 Å². The van der Waals surface area contributed by atoms with Crippen molar-refractivity contribution in [1.82, 2.24) is 14.7 Å². The van der Waals surface area contributed by atoms with Gasteiger partial charge in [-0.1, -0.05) is 18.2 Å². The number of carbonyl (C=O) groups excluding carboxylic acids is 1. The lowest BCUT2D eigenvalue weighted by atomic mass is 10.1. The Bertz CT molecular complexity index is 1120. The second-order valence-corrected chi connectivity index (χ2v) is 8.95. The third-order valence-electron chi connectivity index (χ3n) is 4.96. The number of amides is 1. The lowest BCUT2D eigenvalue weighted by Crippen LogP contribution is -2.56. The molecule has 0 aliphatic carbocycles. The van der Waals surface area contributed by atoms with Crippen molar-refractivity contribution < 1.29 is 17.6 Å². The Hall–Kier alpha value is -3.00. The van der Waals surface area contributed by atoms with E-state index < -0.39 is 20.9 Å². The zero-order chi connectivity index (χ0) is 19.9. The highest BCUT2D eigenvalue weighted by Crippen LogP contribution is 2.26. The van der Waals surface area contributed by atoms with Gasteiger partial charge in [0.1, 0.15) is 11.1 Å². The van der Waals surface area contributed by atoms with E-state index in [0.717, 1.165) is 17.8 Å². The van der Waals surface area contributed by atoms with E-state index in [0.29, 0.717) is 11.3 Å². The molecule has 1 fully saturated rings. The van der Waals surface area contributed by atoms with Crippen LogP contribution in [0.25, 0.3) is 5.69 Å². The molecule has 1 amide bonds. The van der Waals surface area contributed by atoms with Crippen molar-refractivity contribution in [2.75, 3.05) is 13.1 Å². The third-order valence-corrected chi connectivity index (χ3v) is 7.06. The second-order valence-electron chi connectivity index (χ2n) is 6.72. The van der Waals surface area contributed by atoms with Crippen LogP contribution in [-0.2, 0) is 9.84 Å². The van der Waals surface area contributed by atoms with E-state index in [2.05, 4.69) is 5.10 Å². The summed E-state index contributed by atoms with van der Waals surface area (Å²) in [5, 5.41) is 3.60. The van der Waals surface area contributed by atoms with E-state index in [-0.39, 0.29) is 23.9 Å². The fraction of sp³-hybridized carbons (Fsp3) is 0.200. The van der Waals surface area contributed by atoms with Crippen LogP contribution in [0.3, 0.4) is 0 Å². The molecule has 0 unspecified atom stereocenters. The van der Waals surface area contributed by atoms with Gasteiger partial charge in [0.25, 0.3) is 5.91 Å². The van der Waals surface area contributed by atoms with Crippen LogP contribution >= 0.6 is 0 Å². The summed E-state index contributed by atoms with van der Waals surface area (Å²) in [7, 11) is -3.60. The second kappa shape index (κ2) is 6.87. The van der Waals surface area contributed by atoms with Crippen LogP contribution in [0.1, 0.15) is 16.1 Å². The molecule has 1 saturated heterocycles. The van der Waals surface area contributed by atoms with Gasteiger partial charge in [-0.15, -0.1) is 0 Å². The molecule has 4 rings (SSSR count). The monoisotopic (exact) mass is 399 g/mol. The zero-order valence-corrected chi connectivity index (χ0v) is 15.9. The third kappa shape index (κ3) is 3.09. The molecule has 1 aromatic heterocycles. The summed E-state index contributed by atoms with van der Waals surface area (Å²) in [4.78, 5) is 14.3. The topological polar surface area (TPSA) is 72.3 Å². The van der Waals surface area contributed by atoms with Gasteiger partial charge in [-0.2, -0.15) is 5.10 Å². The first kappa shape index (κ1) is 18.4. The minimum Gasteiger partial charge on any atom is -0.336 e. The molecule has 1 aliphatic heterocycles. The molecule has 0 radical (unpaired) electrons. The lowest BCUT2D eigenvalue weighted by Gasteiger charge is -2.38. The van der Waals surface area contributed by atoms with Gasteiger partial charge in [0.2, 0.25) is 0 Å². The van der Waals surface area contributed by atoms with Crippen molar-refractivity contribution >= 4 is 15.7 Å². The Morgan fingerprint density at radius 1 is 1.07 bits per heavy atom. The van der Waals surface area contributed by atoms with Crippen LogP contribution in [-0.4, -0.2) is 47.3 Å². The highest BCUT2D eigenvalue weighted by Gasteiger charge is 2.41. The standard InChI is InChI=1S/C20H18FN3O3S/c1-14-19(11-22-24(14)16-5-3-2-4-6-16)20(25)23-12-18(13-23)28(26,27)17-9-7-15(21)8-10-17/h2-11,18H,12-13H2,1H3. The summed E-state index contributed by atoms with van der Waals surface area (Å²) in [6, 6.07) is 14.2. The summed E-state index contributed by atoms with van der Waals surface area (Å²) >= 11 is 0. The van der Waals surface area contributed by atoms with Crippen LogP contribution in [0, 0.1) is 12.7 Å². The number of hydrogen-bond donors (Lipinski definition) is 0. The lowest BCUT2D eigenvalue weighted by molar-refractivity contribution is 0.0658. The Balaban J connectivity index is 1.49. The Morgan fingerprint density at radius 3 is 2.36 bits per heavy atom. The normalized spacial score (nSPS) is 14.7. The van der Waals surface area contributed by atoms with Gasteiger partial charge in [0.15, 0.2) is 9.84 Å². The molecule has 3 aromatic rings. The fourth-order valence-electron chi connectivity index (χ4n) is 3.24. The molecule has 0 N–H and O–H groups in total. The van der Waals surface area contributed by atoms with Gasteiger partial charge in [0, 0.05) is 13.1 Å². The molecule has 0 spiro atoms. The SMILES string of the molecule is Cc1c(C(=O)N2CC(S(=O)(=O)c3ccc(F)cc3)C2)cnn1-c1ccccc1. The smallest absolute Gasteiger partial charge is 0.257 e. The van der Waals surface area contributed by atoms with Gasteiger partial charge in [-0.05, 0) is 43.3 Å². The van der Waals surface area contributed by atoms with Crippen molar-refractivity contribution in [3.05, 3.63) is 77.9 Å². The van der Waals surface area contributed by atoms with Crippen LogP contribution < -0.4 is 0 Å². The van der Waals surface area contributed by atoms with Crippen LogP contribution in [0.2, 0.25) is 0 Å². The summed E-state index contributed by atoms with van der Waals surface area (Å²) < 4.78 is 39.9. The average Bonchev–Trinajstić information content (AvgIpc) is 3.02. The maximum absolute atomic E-state index is 13.0. The number of likely N-dealkylation sites (tertiary alicyclic amines) is 1. The number of para-hydroxylation sites is 1. The maximum Gasteiger partial charge on any atom is 0.257 e. The van der Waals surface area contributed by atoms with Gasteiger partial charge in [-0.3, -0.25) is 4.79 Å². The Morgan fingerprint density at radius 2 is 1.71 bits per heavy atom. The molecule has 1 aliphatic rings. The summed E-state index contributed by atoms with van der Waals surface area (Å²) in [5.41, 5.74) is 1.99. The molecule has 0 saturated carbocycles. The fourth-order valence-corrected chi connectivity index (χ4v) is 4.89. The molecule has 2 heterocycles. The molecule has 0 bridgehead atoms. The van der Waals surface area contributed by atoms with Crippen molar-refractivity contribution in [3.8, 4) is 5.69 Å². The summed E-state index contributed by atoms with van der Waals surface area (Å²) in [6.45, 7) is 2.02. The first-order chi connectivity index (χ1) is 13.4. The quantitative estimate of drug-likeness (QED) is 0.633. The molecule has 144 valence electrons. The number of hydrogen-bond acceptors (Lipinski definition) is 4. The Labute approximate surface area is 162 Å². The highest BCUT2D eigenvalue weighted by atomic mass is 32.2. The first-order valence-corrected chi connectivity index (χ1v) is 10.3. The predicted molar refractivity (Wildman–Crippen MR) is 102 cm³/mol. The molecule has 2 aromatic carbocycles. The molecule has 28 heavy (non-hydrogen) atoms. The van der Waals surface area contributed by atoms with Crippen molar-refractivity contribution in [1.29, 1.82) is 0 Å². The molecular weight excluding hydrogens is 381 g/mol. The number of rotatable bonds is 4. The number of sulfone groups is 1. The van der Waals surface area contributed by atoms with Crippen LogP contribution in [0.4, 0.5) is 4.39 Å². The highest BCUT2D eigenvalue weighted by molar-refractivity contribution is 7.92. The van der Waals surface area contributed by atoms with Gasteiger partial charge in [0.05, 0.1) is 28.0 Å². The first-order valence-electron chi connectivity index (χ1n) is 8.76. The van der Waals surface area contributed by atoms with E-state index >= 15 is 0 Å². The number of benzene rings is 2. The van der Waals surface area contributed by atoms with E-state index in [1.165, 1.54) is 23.2 Å². The Kier molecular flexibility index (Phi) is 4.50. The maximum atomic E-state index is 13.0. The molecule has 0 atom stereocenters. The molecule has 8 heteroatoms. The number of aromatic nitrogens is 2. The van der Waals surface area contributed by atoms with Crippen molar-refractivity contribution in [2.24, 2.45) is 0 Å². The zero-order valence-electron chi connectivity index (χ0n) is 15.1. The summed E-state index contributed by atoms with van der Waals surface area (Å²) in [5.74, 6) is -0.736. The van der Waals surface area contributed by atoms with Crippen molar-refractivity contribution in [2.45, 2.75) is 17.1 Å². The predicted octanol–water partition coefficient (Wildman–Crippen LogP) is 2.62. The summed E-state index contributed by atoms with van der Waals surface area (Å²) in [6.07, 6.45) is 1.51. The average molecular weight is 399 g/mol. The molecule has 6 nitrogen and oxygen atoms in total. The van der Waals surface area contributed by atoms with Crippen LogP contribution in [0.5, 0.6) is 0 Å². The van der Waals surface area contributed by atoms with Gasteiger partial charge in [-0.25, -0.2) is 17.5 Å². The van der Waals surface area contributed by atoms with Crippen molar-refractivity contribution in [3.63, 3.8) is 0 Å². The number of nitrogens with zero attached hydrogens (tertiary/aromatic N) is 3. The number of carbonyl (C=O) groups is 1. The molecular formula is C20H18FN3O3S. The van der Waals surface area contributed by atoms with E-state index in [1.54, 1.807) is 11.6 Å². The van der Waals surface area contributed by atoms with Crippen LogP contribution in [0.15, 0.2) is 65.7 Å². The largest absolute Gasteiger partial charge is 0.336 e. The minimum atomic E-state index is -3.60. The number of halogens is 1. The van der Waals surface area contributed by atoms with Gasteiger partial charge >= 0.3 is 0 Å². The van der Waals surface area contributed by atoms with E-state index in [4.69, 9.17) is 0 Å². The van der Waals surface area contributed by atoms with E-state index in [9.17, 15) is 17.6 Å².